The number of carbonyl (C=O) groups excluding carboxylic acids is 1. The second kappa shape index (κ2) is 6.20. The van der Waals surface area contributed by atoms with Crippen molar-refractivity contribution < 1.29 is 4.79 Å². The zero-order chi connectivity index (χ0) is 13.8. The van der Waals surface area contributed by atoms with E-state index < -0.39 is 0 Å². The van der Waals surface area contributed by atoms with Crippen molar-refractivity contribution >= 4 is 5.91 Å². The molecule has 0 radical (unpaired) electrons. The first-order valence-electron chi connectivity index (χ1n) is 7.24. The van der Waals surface area contributed by atoms with Crippen LogP contribution in [0.25, 0.3) is 0 Å². The fourth-order valence-corrected chi connectivity index (χ4v) is 2.63. The molecule has 0 saturated carbocycles. The standard InChI is InChI=1S/C16H24N2O/c1-3-11(2)15(17)16(19)18-14-9-8-12-6-4-5-7-13(12)10-14/h4-7,11,14-15H,3,8-10,17H2,1-2H3,(H,18,19). The van der Waals surface area contributed by atoms with E-state index in [9.17, 15) is 4.79 Å². The fourth-order valence-electron chi connectivity index (χ4n) is 2.63. The Labute approximate surface area is 115 Å². The molecule has 19 heavy (non-hydrogen) atoms. The summed E-state index contributed by atoms with van der Waals surface area (Å²) in [6.45, 7) is 4.09. The van der Waals surface area contributed by atoms with E-state index in [4.69, 9.17) is 5.73 Å². The number of fused-ring (bicyclic) bond motifs is 1. The summed E-state index contributed by atoms with van der Waals surface area (Å²) in [5.41, 5.74) is 8.74. The minimum Gasteiger partial charge on any atom is -0.352 e. The SMILES string of the molecule is CCC(C)C(N)C(=O)NC1CCc2ccccc2C1. The van der Waals surface area contributed by atoms with Gasteiger partial charge < -0.3 is 11.1 Å². The molecule has 1 aromatic carbocycles. The molecular weight excluding hydrogens is 236 g/mol. The molecular formula is C16H24N2O. The van der Waals surface area contributed by atoms with Crippen molar-refractivity contribution in [3.63, 3.8) is 0 Å². The Bertz CT molecular complexity index is 444. The van der Waals surface area contributed by atoms with Crippen molar-refractivity contribution in [3.8, 4) is 0 Å². The summed E-state index contributed by atoms with van der Waals surface area (Å²) >= 11 is 0. The van der Waals surface area contributed by atoms with Crippen molar-refractivity contribution in [3.05, 3.63) is 35.4 Å². The Balaban J connectivity index is 1.93. The summed E-state index contributed by atoms with van der Waals surface area (Å²) in [6, 6.07) is 8.32. The molecule has 1 aromatic rings. The lowest BCUT2D eigenvalue weighted by Crippen LogP contribution is -2.49. The van der Waals surface area contributed by atoms with E-state index in [-0.39, 0.29) is 23.9 Å². The van der Waals surface area contributed by atoms with Gasteiger partial charge in [0.1, 0.15) is 0 Å². The number of carbonyl (C=O) groups is 1. The van der Waals surface area contributed by atoms with Crippen LogP contribution in [0, 0.1) is 5.92 Å². The molecule has 1 aliphatic rings. The molecule has 0 aromatic heterocycles. The van der Waals surface area contributed by atoms with Crippen molar-refractivity contribution in [1.82, 2.24) is 5.32 Å². The lowest BCUT2D eigenvalue weighted by molar-refractivity contribution is -0.124. The predicted molar refractivity (Wildman–Crippen MR) is 77.8 cm³/mol. The second-order valence-corrected chi connectivity index (χ2v) is 5.63. The Morgan fingerprint density at radius 2 is 2.11 bits per heavy atom. The maximum atomic E-state index is 12.1. The van der Waals surface area contributed by atoms with Crippen LogP contribution >= 0.6 is 0 Å². The van der Waals surface area contributed by atoms with Crippen LogP contribution < -0.4 is 11.1 Å². The van der Waals surface area contributed by atoms with Gasteiger partial charge in [-0.3, -0.25) is 4.79 Å². The van der Waals surface area contributed by atoms with E-state index >= 15 is 0 Å². The quantitative estimate of drug-likeness (QED) is 0.870. The fraction of sp³-hybridized carbons (Fsp3) is 0.562. The summed E-state index contributed by atoms with van der Waals surface area (Å²) in [4.78, 5) is 12.1. The Morgan fingerprint density at radius 1 is 1.42 bits per heavy atom. The normalized spacial score (nSPS) is 21.3. The van der Waals surface area contributed by atoms with Gasteiger partial charge in [0.05, 0.1) is 6.04 Å². The highest BCUT2D eigenvalue weighted by atomic mass is 16.2. The molecule has 3 atom stereocenters. The van der Waals surface area contributed by atoms with Gasteiger partial charge in [0.15, 0.2) is 0 Å². The summed E-state index contributed by atoms with van der Waals surface area (Å²) in [6.07, 6.45) is 3.91. The number of aryl methyl sites for hydroxylation is 1. The molecule has 1 amide bonds. The van der Waals surface area contributed by atoms with Crippen molar-refractivity contribution in [2.45, 2.75) is 51.6 Å². The third kappa shape index (κ3) is 3.35. The maximum Gasteiger partial charge on any atom is 0.237 e. The van der Waals surface area contributed by atoms with E-state index in [0.717, 1.165) is 25.7 Å². The molecule has 0 spiro atoms. The highest BCUT2D eigenvalue weighted by Gasteiger charge is 2.24. The van der Waals surface area contributed by atoms with Gasteiger partial charge in [0, 0.05) is 6.04 Å². The largest absolute Gasteiger partial charge is 0.352 e. The molecule has 0 aliphatic heterocycles. The highest BCUT2D eigenvalue weighted by Crippen LogP contribution is 2.21. The highest BCUT2D eigenvalue weighted by molar-refractivity contribution is 5.82. The Morgan fingerprint density at radius 3 is 2.79 bits per heavy atom. The Hall–Kier alpha value is -1.35. The minimum absolute atomic E-state index is 0.00117. The number of hydrogen-bond donors (Lipinski definition) is 2. The van der Waals surface area contributed by atoms with Gasteiger partial charge in [-0.1, -0.05) is 44.5 Å². The zero-order valence-corrected chi connectivity index (χ0v) is 11.9. The molecule has 3 nitrogen and oxygen atoms in total. The van der Waals surface area contributed by atoms with Gasteiger partial charge in [0.25, 0.3) is 0 Å². The van der Waals surface area contributed by atoms with Gasteiger partial charge in [-0.15, -0.1) is 0 Å². The molecule has 2 rings (SSSR count). The van der Waals surface area contributed by atoms with Crippen LogP contribution in [0.3, 0.4) is 0 Å². The van der Waals surface area contributed by atoms with Crippen LogP contribution in [0.5, 0.6) is 0 Å². The first-order valence-corrected chi connectivity index (χ1v) is 7.24. The van der Waals surface area contributed by atoms with Gasteiger partial charge in [0.2, 0.25) is 5.91 Å². The van der Waals surface area contributed by atoms with Crippen LogP contribution in [0.4, 0.5) is 0 Å². The van der Waals surface area contributed by atoms with Crippen LogP contribution in [0.2, 0.25) is 0 Å². The predicted octanol–water partition coefficient (Wildman–Crippen LogP) is 2.03. The van der Waals surface area contributed by atoms with E-state index in [0.29, 0.717) is 0 Å². The van der Waals surface area contributed by atoms with Crippen LogP contribution in [0.1, 0.15) is 37.8 Å². The summed E-state index contributed by atoms with van der Waals surface area (Å²) in [7, 11) is 0. The Kier molecular flexibility index (Phi) is 4.59. The number of rotatable bonds is 4. The molecule has 0 saturated heterocycles. The van der Waals surface area contributed by atoms with Gasteiger partial charge >= 0.3 is 0 Å². The van der Waals surface area contributed by atoms with Crippen molar-refractivity contribution in [1.29, 1.82) is 0 Å². The zero-order valence-electron chi connectivity index (χ0n) is 11.9. The van der Waals surface area contributed by atoms with E-state index in [2.05, 4.69) is 36.5 Å². The van der Waals surface area contributed by atoms with Crippen molar-refractivity contribution in [2.24, 2.45) is 11.7 Å². The van der Waals surface area contributed by atoms with E-state index in [1.165, 1.54) is 11.1 Å². The summed E-state index contributed by atoms with van der Waals surface area (Å²) in [5.74, 6) is 0.231. The molecule has 1 aliphatic carbocycles. The number of nitrogens with one attached hydrogen (secondary N) is 1. The average Bonchev–Trinajstić information content (AvgIpc) is 2.45. The third-order valence-electron chi connectivity index (χ3n) is 4.25. The number of hydrogen-bond acceptors (Lipinski definition) is 2. The first-order chi connectivity index (χ1) is 9.11. The van der Waals surface area contributed by atoms with Gasteiger partial charge in [-0.2, -0.15) is 0 Å². The number of benzene rings is 1. The lowest BCUT2D eigenvalue weighted by atomic mass is 9.88. The molecule has 0 fully saturated rings. The smallest absolute Gasteiger partial charge is 0.237 e. The molecule has 3 heteroatoms. The molecule has 0 heterocycles. The number of nitrogens with two attached hydrogens (primary N) is 1. The minimum atomic E-state index is -0.387. The van der Waals surface area contributed by atoms with Crippen LogP contribution in [0.15, 0.2) is 24.3 Å². The van der Waals surface area contributed by atoms with Gasteiger partial charge in [-0.25, -0.2) is 0 Å². The molecule has 3 N–H and O–H groups in total. The first kappa shape index (κ1) is 14.1. The maximum absolute atomic E-state index is 12.1. The average molecular weight is 260 g/mol. The van der Waals surface area contributed by atoms with E-state index in [1.54, 1.807) is 0 Å². The van der Waals surface area contributed by atoms with Crippen LogP contribution in [-0.4, -0.2) is 18.0 Å². The van der Waals surface area contributed by atoms with Gasteiger partial charge in [-0.05, 0) is 36.3 Å². The second-order valence-electron chi connectivity index (χ2n) is 5.63. The van der Waals surface area contributed by atoms with Crippen molar-refractivity contribution in [2.75, 3.05) is 0 Å². The molecule has 104 valence electrons. The monoisotopic (exact) mass is 260 g/mol. The topological polar surface area (TPSA) is 55.1 Å². The summed E-state index contributed by atoms with van der Waals surface area (Å²) < 4.78 is 0. The molecule has 3 unspecified atom stereocenters. The third-order valence-corrected chi connectivity index (χ3v) is 4.25. The number of amides is 1. The van der Waals surface area contributed by atoms with E-state index in [1.807, 2.05) is 6.92 Å². The lowest BCUT2D eigenvalue weighted by Gasteiger charge is -2.27. The van der Waals surface area contributed by atoms with Crippen LogP contribution in [-0.2, 0) is 17.6 Å². The summed E-state index contributed by atoms with van der Waals surface area (Å²) in [5, 5.41) is 3.11. The molecule has 0 bridgehead atoms.